The minimum absolute atomic E-state index is 0.218. The van der Waals surface area contributed by atoms with Gasteiger partial charge >= 0.3 is 0 Å². The number of aromatic nitrogens is 3. The summed E-state index contributed by atoms with van der Waals surface area (Å²) < 4.78 is 15.1. The molecule has 0 bridgehead atoms. The summed E-state index contributed by atoms with van der Waals surface area (Å²) in [5, 5.41) is 0. The summed E-state index contributed by atoms with van der Waals surface area (Å²) in [4.78, 5) is 17.7. The lowest BCUT2D eigenvalue weighted by Gasteiger charge is -2.36. The fourth-order valence-electron chi connectivity index (χ4n) is 3.48. The minimum atomic E-state index is -0.218. The number of halogens is 1. The van der Waals surface area contributed by atoms with Crippen molar-refractivity contribution in [1.29, 1.82) is 0 Å². The molecule has 0 unspecified atom stereocenters. The second-order valence-electron chi connectivity index (χ2n) is 6.96. The van der Waals surface area contributed by atoms with E-state index in [1.54, 1.807) is 12.4 Å². The Bertz CT molecular complexity index is 988. The van der Waals surface area contributed by atoms with E-state index in [-0.39, 0.29) is 5.82 Å². The highest BCUT2D eigenvalue weighted by Crippen LogP contribution is 2.17. The standard InChI is InChI=1S/C21H24FN7/c1-16-24-9-10-29(16)20-17(3-2-8-25-20)15-26-21(23)28-13-11-27(12-14-28)19-6-4-18(22)5-7-19/h2-10H,11-15H2,1H3,(H2,23,26). The number of nitrogens with two attached hydrogens (primary N) is 1. The van der Waals surface area contributed by atoms with Crippen LogP contribution in [0.25, 0.3) is 5.82 Å². The highest BCUT2D eigenvalue weighted by atomic mass is 19.1. The van der Waals surface area contributed by atoms with E-state index in [1.165, 1.54) is 12.1 Å². The van der Waals surface area contributed by atoms with Crippen molar-refractivity contribution in [3.63, 3.8) is 0 Å². The molecule has 0 spiro atoms. The third kappa shape index (κ3) is 4.21. The summed E-state index contributed by atoms with van der Waals surface area (Å²) in [6, 6.07) is 10.5. The van der Waals surface area contributed by atoms with Crippen molar-refractivity contribution in [2.45, 2.75) is 13.5 Å². The van der Waals surface area contributed by atoms with Gasteiger partial charge in [-0.25, -0.2) is 19.4 Å². The number of guanidine groups is 1. The van der Waals surface area contributed by atoms with E-state index in [9.17, 15) is 4.39 Å². The van der Waals surface area contributed by atoms with E-state index < -0.39 is 0 Å². The molecule has 1 fully saturated rings. The van der Waals surface area contributed by atoms with Crippen LogP contribution in [-0.4, -0.2) is 51.6 Å². The van der Waals surface area contributed by atoms with E-state index >= 15 is 0 Å². The van der Waals surface area contributed by atoms with E-state index in [4.69, 9.17) is 5.73 Å². The van der Waals surface area contributed by atoms with Crippen LogP contribution < -0.4 is 10.6 Å². The van der Waals surface area contributed by atoms with Gasteiger partial charge in [0, 0.05) is 56.0 Å². The van der Waals surface area contributed by atoms with Crippen molar-refractivity contribution in [2.24, 2.45) is 10.7 Å². The number of anilines is 1. The van der Waals surface area contributed by atoms with Gasteiger partial charge in [-0.1, -0.05) is 6.07 Å². The smallest absolute Gasteiger partial charge is 0.191 e. The van der Waals surface area contributed by atoms with Crippen LogP contribution in [0.5, 0.6) is 0 Å². The first kappa shape index (κ1) is 18.9. The van der Waals surface area contributed by atoms with Gasteiger partial charge in [-0.2, -0.15) is 0 Å². The molecule has 3 aromatic rings. The zero-order valence-corrected chi connectivity index (χ0v) is 16.4. The third-order valence-electron chi connectivity index (χ3n) is 5.13. The van der Waals surface area contributed by atoms with Gasteiger partial charge in [0.1, 0.15) is 17.5 Å². The van der Waals surface area contributed by atoms with E-state index in [1.807, 2.05) is 42.0 Å². The van der Waals surface area contributed by atoms with Crippen molar-refractivity contribution < 1.29 is 4.39 Å². The number of nitrogens with zero attached hydrogens (tertiary/aromatic N) is 6. The normalized spacial score (nSPS) is 15.0. The molecule has 1 saturated heterocycles. The van der Waals surface area contributed by atoms with Crippen LogP contribution in [0.3, 0.4) is 0 Å². The Balaban J connectivity index is 1.41. The molecular formula is C21H24FN7. The highest BCUT2D eigenvalue weighted by Gasteiger charge is 2.19. The molecule has 7 nitrogen and oxygen atoms in total. The average molecular weight is 393 g/mol. The molecule has 0 amide bonds. The Hall–Kier alpha value is -3.42. The number of pyridine rings is 1. The van der Waals surface area contributed by atoms with E-state index in [2.05, 4.69) is 24.8 Å². The van der Waals surface area contributed by atoms with Crippen molar-refractivity contribution >= 4 is 11.6 Å². The summed E-state index contributed by atoms with van der Waals surface area (Å²) in [5.74, 6) is 2.00. The third-order valence-corrected chi connectivity index (χ3v) is 5.13. The molecular weight excluding hydrogens is 369 g/mol. The summed E-state index contributed by atoms with van der Waals surface area (Å²) in [6.07, 6.45) is 5.41. The quantitative estimate of drug-likeness (QED) is 0.544. The molecule has 1 aliphatic heterocycles. The Morgan fingerprint density at radius 3 is 2.52 bits per heavy atom. The number of aliphatic imine (C=N–C) groups is 1. The lowest BCUT2D eigenvalue weighted by Crippen LogP contribution is -2.51. The average Bonchev–Trinajstić information content (AvgIpc) is 3.18. The zero-order valence-electron chi connectivity index (χ0n) is 16.4. The van der Waals surface area contributed by atoms with Crippen LogP contribution in [-0.2, 0) is 6.54 Å². The number of hydrogen-bond donors (Lipinski definition) is 1. The fourth-order valence-corrected chi connectivity index (χ4v) is 3.48. The molecule has 150 valence electrons. The molecule has 0 saturated carbocycles. The van der Waals surface area contributed by atoms with E-state index in [0.29, 0.717) is 12.5 Å². The van der Waals surface area contributed by atoms with Gasteiger partial charge in [-0.3, -0.25) is 4.57 Å². The van der Waals surface area contributed by atoms with Crippen molar-refractivity contribution in [1.82, 2.24) is 19.4 Å². The predicted octanol–water partition coefficient (Wildman–Crippen LogP) is 2.35. The molecule has 4 rings (SSSR count). The molecule has 1 aromatic carbocycles. The van der Waals surface area contributed by atoms with Crippen LogP contribution in [0.15, 0.2) is 60.0 Å². The van der Waals surface area contributed by atoms with Crippen molar-refractivity contribution in [2.75, 3.05) is 31.1 Å². The number of imidazole rings is 1. The molecule has 3 heterocycles. The van der Waals surface area contributed by atoms with E-state index in [0.717, 1.165) is 49.1 Å². The first-order chi connectivity index (χ1) is 14.1. The second-order valence-corrected chi connectivity index (χ2v) is 6.96. The Kier molecular flexibility index (Phi) is 5.41. The number of rotatable bonds is 4. The summed E-state index contributed by atoms with van der Waals surface area (Å²) in [6.45, 7) is 5.56. The summed E-state index contributed by atoms with van der Waals surface area (Å²) in [5.41, 5.74) is 8.28. The number of benzene rings is 1. The Labute approximate surface area is 169 Å². The fraction of sp³-hybridized carbons (Fsp3) is 0.286. The molecule has 0 aliphatic carbocycles. The SMILES string of the molecule is Cc1nccn1-c1ncccc1CN=C(N)N1CCN(c2ccc(F)cc2)CC1. The molecule has 2 N–H and O–H groups in total. The topological polar surface area (TPSA) is 75.6 Å². The molecule has 0 atom stereocenters. The predicted molar refractivity (Wildman–Crippen MR) is 112 cm³/mol. The molecule has 0 radical (unpaired) electrons. The van der Waals surface area contributed by atoms with Gasteiger partial charge in [-0.15, -0.1) is 0 Å². The van der Waals surface area contributed by atoms with Gasteiger partial charge in [0.05, 0.1) is 6.54 Å². The van der Waals surface area contributed by atoms with Crippen molar-refractivity contribution in [3.8, 4) is 5.82 Å². The van der Waals surface area contributed by atoms with Crippen LogP contribution >= 0.6 is 0 Å². The van der Waals surface area contributed by atoms with Gasteiger partial charge in [0.25, 0.3) is 0 Å². The zero-order chi connectivity index (χ0) is 20.2. The monoisotopic (exact) mass is 393 g/mol. The molecule has 1 aliphatic rings. The number of hydrogen-bond acceptors (Lipinski definition) is 4. The maximum Gasteiger partial charge on any atom is 0.191 e. The molecule has 2 aromatic heterocycles. The van der Waals surface area contributed by atoms with Gasteiger partial charge in [0.15, 0.2) is 5.96 Å². The first-order valence-corrected chi connectivity index (χ1v) is 9.61. The summed E-state index contributed by atoms with van der Waals surface area (Å²) >= 11 is 0. The van der Waals surface area contributed by atoms with Crippen molar-refractivity contribution in [3.05, 3.63) is 72.2 Å². The second kappa shape index (κ2) is 8.30. The van der Waals surface area contributed by atoms with Crippen LogP contribution in [0.2, 0.25) is 0 Å². The molecule has 29 heavy (non-hydrogen) atoms. The van der Waals surface area contributed by atoms with Gasteiger partial charge < -0.3 is 15.5 Å². The lowest BCUT2D eigenvalue weighted by molar-refractivity contribution is 0.380. The maximum atomic E-state index is 13.1. The Morgan fingerprint density at radius 1 is 1.07 bits per heavy atom. The number of aryl methyl sites for hydroxylation is 1. The summed E-state index contributed by atoms with van der Waals surface area (Å²) in [7, 11) is 0. The largest absolute Gasteiger partial charge is 0.370 e. The van der Waals surface area contributed by atoms with Crippen LogP contribution in [0.4, 0.5) is 10.1 Å². The highest BCUT2D eigenvalue weighted by molar-refractivity contribution is 5.78. The first-order valence-electron chi connectivity index (χ1n) is 9.61. The maximum absolute atomic E-state index is 13.1. The van der Waals surface area contributed by atoms with Crippen LogP contribution in [0.1, 0.15) is 11.4 Å². The Morgan fingerprint density at radius 2 is 1.83 bits per heavy atom. The van der Waals surface area contributed by atoms with Crippen LogP contribution in [0, 0.1) is 12.7 Å². The minimum Gasteiger partial charge on any atom is -0.370 e. The number of piperazine rings is 1. The van der Waals surface area contributed by atoms with Gasteiger partial charge in [-0.05, 0) is 37.3 Å². The van der Waals surface area contributed by atoms with Gasteiger partial charge in [0.2, 0.25) is 0 Å². The molecule has 8 heteroatoms. The lowest BCUT2D eigenvalue weighted by atomic mass is 10.2.